The van der Waals surface area contributed by atoms with Crippen LogP contribution >= 0.6 is 12.4 Å². The number of hydrogen-bond donors (Lipinski definition) is 2. The highest BCUT2D eigenvalue weighted by Crippen LogP contribution is 2.29. The summed E-state index contributed by atoms with van der Waals surface area (Å²) in [5.74, 6) is 0.117. The molecule has 2 rings (SSSR count). The molecule has 4 nitrogen and oxygen atoms in total. The first kappa shape index (κ1) is 17.7. The molecule has 1 saturated carbocycles. The van der Waals surface area contributed by atoms with Crippen LogP contribution in [0.15, 0.2) is 18.2 Å². The van der Waals surface area contributed by atoms with Crippen LogP contribution in [0, 0.1) is 11.7 Å². The Morgan fingerprint density at radius 2 is 2.24 bits per heavy atom. The number of nitrogens with one attached hydrogen (secondary N) is 1. The van der Waals surface area contributed by atoms with E-state index in [1.54, 1.807) is 0 Å². The predicted octanol–water partition coefficient (Wildman–Crippen LogP) is 3.10. The SMILES string of the molecule is CCOc1cc(F)ccc1NC(=O)C[C@@H]1CCC[C@H]1N.Cl. The highest BCUT2D eigenvalue weighted by atomic mass is 35.5. The molecule has 2 atom stereocenters. The number of amides is 1. The molecule has 1 fully saturated rings. The molecule has 1 aliphatic carbocycles. The lowest BCUT2D eigenvalue weighted by atomic mass is 10.00. The van der Waals surface area contributed by atoms with Gasteiger partial charge < -0.3 is 15.8 Å². The Kier molecular flexibility index (Phi) is 6.92. The van der Waals surface area contributed by atoms with Crippen molar-refractivity contribution in [1.82, 2.24) is 0 Å². The van der Waals surface area contributed by atoms with Crippen molar-refractivity contribution in [2.24, 2.45) is 11.7 Å². The van der Waals surface area contributed by atoms with Gasteiger partial charge in [0.05, 0.1) is 12.3 Å². The summed E-state index contributed by atoms with van der Waals surface area (Å²) in [5.41, 5.74) is 6.47. The molecule has 6 heteroatoms. The van der Waals surface area contributed by atoms with Crippen LogP contribution in [0.25, 0.3) is 0 Å². The number of hydrogen-bond acceptors (Lipinski definition) is 3. The molecule has 0 bridgehead atoms. The van der Waals surface area contributed by atoms with Gasteiger partial charge in [-0.2, -0.15) is 0 Å². The highest BCUT2D eigenvalue weighted by molar-refractivity contribution is 5.92. The number of ether oxygens (including phenoxy) is 1. The maximum atomic E-state index is 13.2. The number of carbonyl (C=O) groups is 1. The van der Waals surface area contributed by atoms with E-state index in [-0.39, 0.29) is 36.1 Å². The second kappa shape index (κ2) is 8.20. The third-order valence-corrected chi connectivity index (χ3v) is 3.68. The molecule has 0 aromatic heterocycles. The molecular formula is C15H22ClFN2O2. The van der Waals surface area contributed by atoms with E-state index < -0.39 is 0 Å². The molecule has 0 radical (unpaired) electrons. The Morgan fingerprint density at radius 1 is 1.48 bits per heavy atom. The summed E-state index contributed by atoms with van der Waals surface area (Å²) in [4.78, 5) is 12.0. The van der Waals surface area contributed by atoms with Crippen LogP contribution in [0.2, 0.25) is 0 Å². The van der Waals surface area contributed by atoms with E-state index in [1.165, 1.54) is 18.2 Å². The second-order valence-corrected chi connectivity index (χ2v) is 5.18. The normalized spacial score (nSPS) is 20.7. The van der Waals surface area contributed by atoms with E-state index in [2.05, 4.69) is 5.32 Å². The maximum absolute atomic E-state index is 13.2. The van der Waals surface area contributed by atoms with Gasteiger partial charge in [-0.3, -0.25) is 4.79 Å². The Labute approximate surface area is 130 Å². The van der Waals surface area contributed by atoms with Crippen molar-refractivity contribution in [3.63, 3.8) is 0 Å². The fourth-order valence-corrected chi connectivity index (χ4v) is 2.63. The molecule has 21 heavy (non-hydrogen) atoms. The van der Waals surface area contributed by atoms with Crippen LogP contribution in [-0.4, -0.2) is 18.6 Å². The Balaban J connectivity index is 0.00000220. The molecule has 3 N–H and O–H groups in total. The lowest BCUT2D eigenvalue weighted by Crippen LogP contribution is -2.28. The molecule has 118 valence electrons. The molecule has 1 aromatic carbocycles. The van der Waals surface area contributed by atoms with Crippen molar-refractivity contribution in [2.45, 2.75) is 38.6 Å². The van der Waals surface area contributed by atoms with E-state index in [9.17, 15) is 9.18 Å². The van der Waals surface area contributed by atoms with Crippen molar-refractivity contribution in [3.8, 4) is 5.75 Å². The molecule has 1 aliphatic rings. The van der Waals surface area contributed by atoms with Crippen LogP contribution in [0.1, 0.15) is 32.6 Å². The molecule has 0 spiro atoms. The molecular weight excluding hydrogens is 295 g/mol. The summed E-state index contributed by atoms with van der Waals surface area (Å²) in [6, 6.07) is 4.22. The maximum Gasteiger partial charge on any atom is 0.224 e. The lowest BCUT2D eigenvalue weighted by Gasteiger charge is -2.16. The molecule has 1 amide bonds. The summed E-state index contributed by atoms with van der Waals surface area (Å²) < 4.78 is 18.5. The van der Waals surface area contributed by atoms with Crippen LogP contribution in [0.3, 0.4) is 0 Å². The first-order valence-corrected chi connectivity index (χ1v) is 7.08. The Bertz CT molecular complexity index is 485. The number of anilines is 1. The van der Waals surface area contributed by atoms with Crippen molar-refractivity contribution >= 4 is 24.0 Å². The number of halogens is 2. The van der Waals surface area contributed by atoms with Crippen LogP contribution in [-0.2, 0) is 4.79 Å². The third-order valence-electron chi connectivity index (χ3n) is 3.68. The van der Waals surface area contributed by atoms with Crippen molar-refractivity contribution < 1.29 is 13.9 Å². The quantitative estimate of drug-likeness (QED) is 0.877. The average molecular weight is 317 g/mol. The zero-order chi connectivity index (χ0) is 14.5. The monoisotopic (exact) mass is 316 g/mol. The van der Waals surface area contributed by atoms with E-state index in [0.29, 0.717) is 24.5 Å². The summed E-state index contributed by atoms with van der Waals surface area (Å²) in [6.07, 6.45) is 3.47. The van der Waals surface area contributed by atoms with Gasteiger partial charge in [0.1, 0.15) is 11.6 Å². The van der Waals surface area contributed by atoms with Crippen molar-refractivity contribution in [3.05, 3.63) is 24.0 Å². The molecule has 1 aromatic rings. The smallest absolute Gasteiger partial charge is 0.224 e. The van der Waals surface area contributed by atoms with E-state index >= 15 is 0 Å². The van der Waals surface area contributed by atoms with Crippen LogP contribution in [0.5, 0.6) is 5.75 Å². The van der Waals surface area contributed by atoms with Gasteiger partial charge in [0.15, 0.2) is 0 Å². The average Bonchev–Trinajstić information content (AvgIpc) is 2.79. The largest absolute Gasteiger partial charge is 0.492 e. The van der Waals surface area contributed by atoms with Gasteiger partial charge in [-0.1, -0.05) is 6.42 Å². The van der Waals surface area contributed by atoms with E-state index in [4.69, 9.17) is 10.5 Å². The first-order valence-electron chi connectivity index (χ1n) is 7.08. The number of nitrogens with two attached hydrogens (primary N) is 1. The van der Waals surface area contributed by atoms with Crippen molar-refractivity contribution in [1.29, 1.82) is 0 Å². The lowest BCUT2D eigenvalue weighted by molar-refractivity contribution is -0.117. The van der Waals surface area contributed by atoms with Gasteiger partial charge in [-0.25, -0.2) is 4.39 Å². The Hall–Kier alpha value is -1.33. The molecule has 0 saturated heterocycles. The van der Waals surface area contributed by atoms with Gasteiger partial charge in [0.25, 0.3) is 0 Å². The second-order valence-electron chi connectivity index (χ2n) is 5.18. The fourth-order valence-electron chi connectivity index (χ4n) is 2.63. The Morgan fingerprint density at radius 3 is 2.86 bits per heavy atom. The van der Waals surface area contributed by atoms with Gasteiger partial charge in [-0.05, 0) is 37.8 Å². The third kappa shape index (κ3) is 4.86. The van der Waals surface area contributed by atoms with E-state index in [1.807, 2.05) is 6.92 Å². The summed E-state index contributed by atoms with van der Waals surface area (Å²) in [5, 5.41) is 2.78. The minimum Gasteiger partial charge on any atom is -0.492 e. The zero-order valence-corrected chi connectivity index (χ0v) is 12.9. The summed E-state index contributed by atoms with van der Waals surface area (Å²) in [6.45, 7) is 2.23. The topological polar surface area (TPSA) is 64.3 Å². The van der Waals surface area contributed by atoms with Crippen LogP contribution in [0.4, 0.5) is 10.1 Å². The molecule has 0 aliphatic heterocycles. The number of carbonyl (C=O) groups excluding carboxylic acids is 1. The van der Waals surface area contributed by atoms with Gasteiger partial charge in [0, 0.05) is 18.5 Å². The minimum absolute atomic E-state index is 0. The fraction of sp³-hybridized carbons (Fsp3) is 0.533. The summed E-state index contributed by atoms with van der Waals surface area (Å²) in [7, 11) is 0. The van der Waals surface area contributed by atoms with Gasteiger partial charge >= 0.3 is 0 Å². The van der Waals surface area contributed by atoms with Crippen molar-refractivity contribution in [2.75, 3.05) is 11.9 Å². The number of benzene rings is 1. The van der Waals surface area contributed by atoms with Gasteiger partial charge in [0.2, 0.25) is 5.91 Å². The molecule has 0 heterocycles. The summed E-state index contributed by atoms with van der Waals surface area (Å²) >= 11 is 0. The molecule has 0 unspecified atom stereocenters. The number of rotatable bonds is 5. The minimum atomic E-state index is -0.385. The predicted molar refractivity (Wildman–Crippen MR) is 83.4 cm³/mol. The highest BCUT2D eigenvalue weighted by Gasteiger charge is 2.26. The van der Waals surface area contributed by atoms with Crippen LogP contribution < -0.4 is 15.8 Å². The first-order chi connectivity index (χ1) is 9.60. The zero-order valence-electron chi connectivity index (χ0n) is 12.1. The standard InChI is InChI=1S/C15H21FN2O2.ClH/c1-2-20-14-9-11(16)6-7-13(14)18-15(19)8-10-4-3-5-12(10)17;/h6-7,9-10,12H,2-5,8,17H2,1H3,(H,18,19);1H/t10-,12+;/m0./s1. The van der Waals surface area contributed by atoms with Gasteiger partial charge in [-0.15, -0.1) is 12.4 Å². The van der Waals surface area contributed by atoms with E-state index in [0.717, 1.165) is 19.3 Å².